The molecule has 0 saturated heterocycles. The Morgan fingerprint density at radius 3 is 2.83 bits per heavy atom. The Kier molecular flexibility index (Phi) is 1.89. The molecule has 1 N–H and O–H groups in total. The van der Waals surface area contributed by atoms with E-state index >= 15 is 0 Å². The van der Waals surface area contributed by atoms with Gasteiger partial charge in [-0.25, -0.2) is 19.7 Å². The van der Waals surface area contributed by atoms with Crippen LogP contribution in [-0.2, 0) is 0 Å². The smallest absolute Gasteiger partial charge is 0.227 e. The Labute approximate surface area is 97.1 Å². The van der Waals surface area contributed by atoms with Gasteiger partial charge in [0.15, 0.2) is 17.4 Å². The van der Waals surface area contributed by atoms with E-state index in [1.165, 1.54) is 0 Å². The van der Waals surface area contributed by atoms with Gasteiger partial charge in [-0.2, -0.15) is 0 Å². The Morgan fingerprint density at radius 1 is 1.39 bits per heavy atom. The molecule has 0 aliphatic carbocycles. The molecule has 0 spiro atoms. The topological polar surface area (TPSA) is 149 Å². The number of rotatable bonds is 1. The highest BCUT2D eigenvalue weighted by molar-refractivity contribution is 6.02. The summed E-state index contributed by atoms with van der Waals surface area (Å²) in [5.41, 5.74) is 5.99. The van der Waals surface area contributed by atoms with Crippen molar-refractivity contribution in [3.05, 3.63) is 21.2 Å². The van der Waals surface area contributed by atoms with Crippen molar-refractivity contribution in [1.29, 1.82) is 0 Å². The Balaban J connectivity index is 2.18. The van der Waals surface area contributed by atoms with E-state index in [0.29, 0.717) is 0 Å². The fourth-order valence-corrected chi connectivity index (χ4v) is 1.31. The minimum Gasteiger partial charge on any atom is -0.331 e. The van der Waals surface area contributed by atoms with Gasteiger partial charge in [0.25, 0.3) is 0 Å². The monoisotopic (exact) mass is 249 g/mol. The van der Waals surface area contributed by atoms with Crippen LogP contribution in [0.3, 0.4) is 0 Å². The first-order chi connectivity index (χ1) is 8.63. The van der Waals surface area contributed by atoms with E-state index in [-0.39, 0.29) is 28.6 Å². The molecule has 0 bridgehead atoms. The van der Waals surface area contributed by atoms with Gasteiger partial charge in [-0.15, -0.1) is 5.43 Å². The van der Waals surface area contributed by atoms with Crippen LogP contribution in [0.25, 0.3) is 16.7 Å². The molecule has 0 fully saturated rings. The second-order valence-electron chi connectivity index (χ2n) is 3.10. The number of amidine groups is 1. The molecule has 0 radical (unpaired) electrons. The van der Waals surface area contributed by atoms with Crippen molar-refractivity contribution in [2.75, 3.05) is 0 Å². The second kappa shape index (κ2) is 3.41. The van der Waals surface area contributed by atoms with Crippen LogP contribution in [0.5, 0.6) is 0 Å². The van der Waals surface area contributed by atoms with Crippen LogP contribution in [-0.4, -0.2) is 42.7 Å². The Hall–Kier alpha value is -3.18. The lowest BCUT2D eigenvalue weighted by atomic mass is 10.3. The molecule has 1 aliphatic rings. The van der Waals surface area contributed by atoms with Gasteiger partial charge in [0.2, 0.25) is 11.5 Å². The normalized spacial score (nSPS) is 13.8. The Bertz CT molecular complexity index is 703. The molecule has 0 amide bonds. The SMILES string of the molecule is C=[N+]1N=C(N[N+](=O)[O-])c2nc3nonc3nc2[N-]1. The molecule has 90 valence electrons. The van der Waals surface area contributed by atoms with Gasteiger partial charge in [-0.3, -0.25) is 0 Å². The molecule has 3 rings (SSSR count). The molecule has 2 aromatic rings. The van der Waals surface area contributed by atoms with Gasteiger partial charge in [0.05, 0.1) is 0 Å². The van der Waals surface area contributed by atoms with E-state index in [1.807, 2.05) is 5.43 Å². The number of hydrazone groups is 1. The zero-order valence-corrected chi connectivity index (χ0v) is 8.51. The van der Waals surface area contributed by atoms with E-state index in [0.717, 1.165) is 4.79 Å². The number of aromatic nitrogens is 4. The maximum atomic E-state index is 10.4. The Morgan fingerprint density at radius 2 is 2.11 bits per heavy atom. The number of nitrogens with one attached hydrogen (secondary N) is 1. The number of hydrogen-bond donors (Lipinski definition) is 1. The highest BCUT2D eigenvalue weighted by atomic mass is 16.7. The minimum atomic E-state index is -0.783. The second-order valence-corrected chi connectivity index (χ2v) is 3.10. The number of hydrazine groups is 1. The molecule has 0 atom stereocenters. The van der Waals surface area contributed by atoms with Gasteiger partial charge in [0.1, 0.15) is 11.5 Å². The zero-order chi connectivity index (χ0) is 12.7. The molecular weight excluding hydrogens is 246 g/mol. The predicted molar refractivity (Wildman–Crippen MR) is 54.5 cm³/mol. The standard InChI is InChI=1S/C6H3N9O3/c1-14-9-3-2(4(10-14)11-15(16)17)7-5-6(8-3)13-18-12-5/h1H2,(H,8,9,10,11,13). The minimum absolute atomic E-state index is 0.0646. The van der Waals surface area contributed by atoms with Crippen molar-refractivity contribution in [2.24, 2.45) is 5.10 Å². The van der Waals surface area contributed by atoms with Crippen LogP contribution >= 0.6 is 0 Å². The van der Waals surface area contributed by atoms with Crippen molar-refractivity contribution < 1.29 is 14.5 Å². The fraction of sp³-hybridized carbons (Fsp3) is 0. The summed E-state index contributed by atoms with van der Waals surface area (Å²) >= 11 is 0. The third-order valence-electron chi connectivity index (χ3n) is 1.94. The van der Waals surface area contributed by atoms with Crippen LogP contribution in [0.15, 0.2) is 9.73 Å². The first-order valence-electron chi connectivity index (χ1n) is 4.46. The maximum absolute atomic E-state index is 10.4. The molecule has 0 aromatic carbocycles. The highest BCUT2D eigenvalue weighted by Crippen LogP contribution is 2.25. The average molecular weight is 249 g/mol. The van der Waals surface area contributed by atoms with Crippen LogP contribution in [0.1, 0.15) is 5.69 Å². The van der Waals surface area contributed by atoms with Crippen molar-refractivity contribution in [1.82, 2.24) is 25.7 Å². The summed E-state index contributed by atoms with van der Waals surface area (Å²) in [5.74, 6) is -0.0787. The molecular formula is C6H3N9O3. The quantitative estimate of drug-likeness (QED) is 0.388. The van der Waals surface area contributed by atoms with Crippen molar-refractivity contribution >= 4 is 29.7 Å². The molecule has 0 saturated carbocycles. The van der Waals surface area contributed by atoms with Crippen molar-refractivity contribution in [3.8, 4) is 0 Å². The van der Waals surface area contributed by atoms with E-state index in [9.17, 15) is 10.1 Å². The van der Waals surface area contributed by atoms with Gasteiger partial charge in [-0.1, -0.05) is 15.3 Å². The molecule has 3 heterocycles. The van der Waals surface area contributed by atoms with Crippen LogP contribution in [0.4, 0.5) is 5.82 Å². The zero-order valence-electron chi connectivity index (χ0n) is 8.51. The first-order valence-corrected chi connectivity index (χ1v) is 4.46. The van der Waals surface area contributed by atoms with Crippen LogP contribution in [0.2, 0.25) is 0 Å². The number of fused-ring (bicyclic) bond motifs is 2. The summed E-state index contributed by atoms with van der Waals surface area (Å²) in [5, 5.41) is 20.3. The summed E-state index contributed by atoms with van der Waals surface area (Å²) in [4.78, 5) is 19.3. The van der Waals surface area contributed by atoms with Crippen molar-refractivity contribution in [2.45, 2.75) is 0 Å². The summed E-state index contributed by atoms with van der Waals surface area (Å²) in [7, 11) is 0. The van der Waals surface area contributed by atoms with E-state index in [2.05, 4.69) is 42.2 Å². The van der Waals surface area contributed by atoms with Crippen LogP contribution < -0.4 is 5.43 Å². The van der Waals surface area contributed by atoms with Gasteiger partial charge >= 0.3 is 0 Å². The van der Waals surface area contributed by atoms with E-state index < -0.39 is 5.03 Å². The number of nitro groups is 1. The van der Waals surface area contributed by atoms with Gasteiger partial charge in [-0.05, 0) is 10.3 Å². The predicted octanol–water partition coefficient (Wildman–Crippen LogP) is -0.897. The summed E-state index contributed by atoms with van der Waals surface area (Å²) in [6.07, 6.45) is 0. The van der Waals surface area contributed by atoms with Gasteiger partial charge in [0, 0.05) is 0 Å². The van der Waals surface area contributed by atoms with Gasteiger partial charge < -0.3 is 4.98 Å². The molecule has 2 aromatic heterocycles. The highest BCUT2D eigenvalue weighted by Gasteiger charge is 2.22. The molecule has 1 aliphatic heterocycles. The summed E-state index contributed by atoms with van der Waals surface area (Å²) in [6.45, 7) is 3.41. The van der Waals surface area contributed by atoms with Crippen molar-refractivity contribution in [3.63, 3.8) is 0 Å². The fourth-order valence-electron chi connectivity index (χ4n) is 1.31. The first kappa shape index (κ1) is 10.0. The summed E-state index contributed by atoms with van der Waals surface area (Å²) < 4.78 is 4.44. The largest absolute Gasteiger partial charge is 0.331 e. The van der Waals surface area contributed by atoms with Crippen LogP contribution in [0, 0.1) is 10.1 Å². The van der Waals surface area contributed by atoms with E-state index in [1.54, 1.807) is 0 Å². The lowest BCUT2D eigenvalue weighted by Crippen LogP contribution is -2.33. The lowest BCUT2D eigenvalue weighted by Gasteiger charge is -2.14. The number of hydrogen-bond acceptors (Lipinski definition) is 8. The van der Waals surface area contributed by atoms with E-state index in [4.69, 9.17) is 0 Å². The lowest BCUT2D eigenvalue weighted by molar-refractivity contribution is -0.529. The summed E-state index contributed by atoms with van der Waals surface area (Å²) in [6, 6.07) is 0. The maximum Gasteiger partial charge on any atom is 0.227 e. The molecule has 0 unspecified atom stereocenters. The molecule has 12 nitrogen and oxygen atoms in total. The third-order valence-corrected chi connectivity index (χ3v) is 1.94. The third kappa shape index (κ3) is 1.48. The number of nitrogens with zero attached hydrogens (tertiary/aromatic N) is 8. The average Bonchev–Trinajstić information content (AvgIpc) is 2.72. The molecule has 18 heavy (non-hydrogen) atoms. The molecule has 12 heteroatoms.